The van der Waals surface area contributed by atoms with Gasteiger partial charge in [-0.25, -0.2) is 4.99 Å². The number of hydrogen-bond donors (Lipinski definition) is 1. The van der Waals surface area contributed by atoms with Gasteiger partial charge < -0.3 is 14.8 Å². The van der Waals surface area contributed by atoms with Crippen molar-refractivity contribution in [2.45, 2.75) is 6.92 Å². The highest BCUT2D eigenvalue weighted by molar-refractivity contribution is 8.18. The van der Waals surface area contributed by atoms with E-state index in [1.165, 1.54) is 32.4 Å². The number of rotatable bonds is 5. The number of carbonyl (C=O) groups is 1. The molecule has 1 N–H and O–H groups in total. The second-order valence-corrected chi connectivity index (χ2v) is 6.87. The number of aryl methyl sites for hydroxylation is 1. The molecule has 0 aromatic heterocycles. The molecule has 8 nitrogen and oxygen atoms in total. The van der Waals surface area contributed by atoms with Crippen molar-refractivity contribution >= 4 is 40.3 Å². The summed E-state index contributed by atoms with van der Waals surface area (Å²) in [6, 6.07) is 10.3. The van der Waals surface area contributed by atoms with Gasteiger partial charge in [0.05, 0.1) is 41.4 Å². The van der Waals surface area contributed by atoms with Gasteiger partial charge in [-0.1, -0.05) is 17.7 Å². The molecular formula is C19H17N3O5S. The van der Waals surface area contributed by atoms with Gasteiger partial charge in [-0.2, -0.15) is 0 Å². The molecule has 2 aromatic carbocycles. The third-order valence-corrected chi connectivity index (χ3v) is 4.84. The number of nitrogens with one attached hydrogen (secondary N) is 1. The van der Waals surface area contributed by atoms with E-state index in [-0.39, 0.29) is 22.9 Å². The Hall–Kier alpha value is -3.33. The first-order chi connectivity index (χ1) is 13.4. The lowest BCUT2D eigenvalue weighted by Crippen LogP contribution is -2.19. The summed E-state index contributed by atoms with van der Waals surface area (Å²) >= 11 is 1.11. The predicted molar refractivity (Wildman–Crippen MR) is 108 cm³/mol. The van der Waals surface area contributed by atoms with Gasteiger partial charge in [-0.05, 0) is 43.0 Å². The summed E-state index contributed by atoms with van der Waals surface area (Å²) in [4.78, 5) is 27.9. The standard InChI is InChI=1S/C19H17N3O5S/c1-11-4-6-13(7-5-11)20-19-21-18(23)17(28-19)9-12-8-15(26-2)16(27-3)10-14(12)22(24)25/h4-10H,1-3H3,(H,20,21,23)/b17-9+. The van der Waals surface area contributed by atoms with Gasteiger partial charge in [0.1, 0.15) is 0 Å². The molecule has 0 bridgehead atoms. The number of thioether (sulfide) groups is 1. The molecule has 2 aromatic rings. The van der Waals surface area contributed by atoms with Gasteiger partial charge in [0.25, 0.3) is 11.6 Å². The summed E-state index contributed by atoms with van der Waals surface area (Å²) in [6.45, 7) is 1.97. The van der Waals surface area contributed by atoms with Crippen molar-refractivity contribution in [3.05, 3.63) is 62.5 Å². The molecule has 28 heavy (non-hydrogen) atoms. The maximum atomic E-state index is 12.3. The Labute approximate surface area is 165 Å². The number of carbonyl (C=O) groups excluding carboxylic acids is 1. The number of amides is 1. The number of amidine groups is 1. The highest BCUT2D eigenvalue weighted by Crippen LogP contribution is 2.37. The van der Waals surface area contributed by atoms with Gasteiger partial charge in [-0.15, -0.1) is 0 Å². The van der Waals surface area contributed by atoms with E-state index in [0.29, 0.717) is 21.5 Å². The number of nitrogens with zero attached hydrogens (tertiary/aromatic N) is 2. The molecule has 1 aliphatic rings. The lowest BCUT2D eigenvalue weighted by molar-refractivity contribution is -0.385. The van der Waals surface area contributed by atoms with E-state index in [9.17, 15) is 14.9 Å². The molecule has 1 fully saturated rings. The summed E-state index contributed by atoms with van der Waals surface area (Å²) in [6.07, 6.45) is 1.44. The molecule has 1 heterocycles. The molecule has 3 rings (SSSR count). The van der Waals surface area contributed by atoms with E-state index in [2.05, 4.69) is 10.3 Å². The maximum Gasteiger partial charge on any atom is 0.280 e. The van der Waals surface area contributed by atoms with E-state index in [4.69, 9.17) is 9.47 Å². The Morgan fingerprint density at radius 3 is 2.39 bits per heavy atom. The van der Waals surface area contributed by atoms with Crippen LogP contribution in [0.4, 0.5) is 11.4 Å². The molecule has 0 radical (unpaired) electrons. The highest BCUT2D eigenvalue weighted by Gasteiger charge is 2.26. The van der Waals surface area contributed by atoms with Crippen molar-refractivity contribution < 1.29 is 19.2 Å². The number of nitro benzene ring substituents is 1. The number of methoxy groups -OCH3 is 2. The second kappa shape index (κ2) is 8.13. The summed E-state index contributed by atoms with van der Waals surface area (Å²) in [5, 5.41) is 14.5. The Bertz CT molecular complexity index is 999. The molecule has 1 saturated heterocycles. The van der Waals surface area contributed by atoms with Crippen LogP contribution in [0.2, 0.25) is 0 Å². The average Bonchev–Trinajstić information content (AvgIpc) is 3.01. The highest BCUT2D eigenvalue weighted by atomic mass is 32.2. The number of nitro groups is 1. The van der Waals surface area contributed by atoms with Gasteiger partial charge in [0, 0.05) is 0 Å². The van der Waals surface area contributed by atoms with Crippen LogP contribution in [0, 0.1) is 17.0 Å². The van der Waals surface area contributed by atoms with E-state index >= 15 is 0 Å². The first-order valence-corrected chi connectivity index (χ1v) is 8.99. The van der Waals surface area contributed by atoms with E-state index < -0.39 is 4.92 Å². The molecule has 1 amide bonds. The van der Waals surface area contributed by atoms with Crippen LogP contribution in [0.25, 0.3) is 6.08 Å². The quantitative estimate of drug-likeness (QED) is 0.466. The van der Waals surface area contributed by atoms with Crippen LogP contribution in [0.1, 0.15) is 11.1 Å². The van der Waals surface area contributed by atoms with Crippen LogP contribution in [0.15, 0.2) is 46.3 Å². The molecule has 0 spiro atoms. The normalized spacial score (nSPS) is 16.3. The van der Waals surface area contributed by atoms with Crippen molar-refractivity contribution in [1.82, 2.24) is 5.32 Å². The van der Waals surface area contributed by atoms with E-state index in [0.717, 1.165) is 17.3 Å². The lowest BCUT2D eigenvalue weighted by Gasteiger charge is -2.08. The summed E-state index contributed by atoms with van der Waals surface area (Å²) < 4.78 is 10.3. The molecule has 0 saturated carbocycles. The van der Waals surface area contributed by atoms with Crippen molar-refractivity contribution in [2.24, 2.45) is 4.99 Å². The zero-order valence-corrected chi connectivity index (χ0v) is 16.2. The predicted octanol–water partition coefficient (Wildman–Crippen LogP) is 3.81. The first kappa shape index (κ1) is 19.4. The molecule has 0 unspecified atom stereocenters. The Morgan fingerprint density at radius 2 is 1.79 bits per heavy atom. The van der Waals surface area contributed by atoms with Crippen LogP contribution < -0.4 is 14.8 Å². The summed E-state index contributed by atoms with van der Waals surface area (Å²) in [5.41, 5.74) is 1.85. The molecule has 9 heteroatoms. The number of hydrogen-bond acceptors (Lipinski definition) is 7. The molecule has 0 aliphatic carbocycles. The van der Waals surface area contributed by atoms with Crippen LogP contribution in [0.5, 0.6) is 11.5 Å². The van der Waals surface area contributed by atoms with Gasteiger partial charge in [0.2, 0.25) is 0 Å². The third kappa shape index (κ3) is 4.15. The number of ether oxygens (including phenoxy) is 2. The van der Waals surface area contributed by atoms with E-state index in [1.54, 1.807) is 0 Å². The first-order valence-electron chi connectivity index (χ1n) is 8.18. The second-order valence-electron chi connectivity index (χ2n) is 5.84. The van der Waals surface area contributed by atoms with Crippen molar-refractivity contribution in [3.63, 3.8) is 0 Å². The molecule has 0 atom stereocenters. The Balaban J connectivity index is 1.96. The SMILES string of the molecule is COc1cc(/C=C2/SC(=Nc3ccc(C)cc3)NC2=O)c([N+](=O)[O-])cc1OC. The third-order valence-electron chi connectivity index (χ3n) is 3.93. The van der Waals surface area contributed by atoms with Crippen molar-refractivity contribution in [3.8, 4) is 11.5 Å². The van der Waals surface area contributed by atoms with Gasteiger partial charge in [-0.3, -0.25) is 14.9 Å². The maximum absolute atomic E-state index is 12.3. The Kier molecular flexibility index (Phi) is 5.65. The van der Waals surface area contributed by atoms with E-state index in [1.807, 2.05) is 31.2 Å². The number of benzene rings is 2. The molecular weight excluding hydrogens is 382 g/mol. The average molecular weight is 399 g/mol. The zero-order chi connectivity index (χ0) is 20.3. The van der Waals surface area contributed by atoms with Crippen LogP contribution in [0.3, 0.4) is 0 Å². The lowest BCUT2D eigenvalue weighted by atomic mass is 10.1. The van der Waals surface area contributed by atoms with Crippen molar-refractivity contribution in [2.75, 3.05) is 14.2 Å². The Morgan fingerprint density at radius 1 is 1.14 bits per heavy atom. The molecule has 1 aliphatic heterocycles. The minimum Gasteiger partial charge on any atom is -0.493 e. The summed E-state index contributed by atoms with van der Waals surface area (Å²) in [7, 11) is 2.83. The fourth-order valence-corrected chi connectivity index (χ4v) is 3.35. The van der Waals surface area contributed by atoms with Crippen LogP contribution >= 0.6 is 11.8 Å². The van der Waals surface area contributed by atoms with Crippen LogP contribution in [-0.2, 0) is 4.79 Å². The monoisotopic (exact) mass is 399 g/mol. The fraction of sp³-hybridized carbons (Fsp3) is 0.158. The van der Waals surface area contributed by atoms with Crippen molar-refractivity contribution in [1.29, 1.82) is 0 Å². The minimum atomic E-state index is -0.535. The van der Waals surface area contributed by atoms with Crippen LogP contribution in [-0.4, -0.2) is 30.2 Å². The summed E-state index contributed by atoms with van der Waals surface area (Å²) in [5.74, 6) is 0.193. The van der Waals surface area contributed by atoms with Gasteiger partial charge >= 0.3 is 0 Å². The smallest absolute Gasteiger partial charge is 0.280 e. The minimum absolute atomic E-state index is 0.192. The fourth-order valence-electron chi connectivity index (χ4n) is 2.52. The molecule has 144 valence electrons. The number of aliphatic imine (C=N–C) groups is 1. The largest absolute Gasteiger partial charge is 0.493 e. The zero-order valence-electron chi connectivity index (χ0n) is 15.4. The topological polar surface area (TPSA) is 103 Å². The van der Waals surface area contributed by atoms with Gasteiger partial charge in [0.15, 0.2) is 16.7 Å².